The van der Waals surface area contributed by atoms with Crippen LogP contribution in [0.4, 0.5) is 5.95 Å². The lowest BCUT2D eigenvalue weighted by atomic mass is 9.94. The van der Waals surface area contributed by atoms with Crippen molar-refractivity contribution in [2.24, 2.45) is 5.73 Å². The summed E-state index contributed by atoms with van der Waals surface area (Å²) < 4.78 is 5.27. The Kier molecular flexibility index (Phi) is 4.29. The van der Waals surface area contributed by atoms with E-state index >= 15 is 0 Å². The third-order valence-electron chi connectivity index (χ3n) is 3.15. The second kappa shape index (κ2) is 5.30. The van der Waals surface area contributed by atoms with Gasteiger partial charge in [0, 0.05) is 13.1 Å². The summed E-state index contributed by atoms with van der Waals surface area (Å²) in [5.74, 6) is 1.18. The molecule has 0 atom stereocenters. The lowest BCUT2D eigenvalue weighted by molar-refractivity contribution is 0.267. The Morgan fingerprint density at radius 2 is 1.75 bits per heavy atom. The van der Waals surface area contributed by atoms with Gasteiger partial charge in [0.2, 0.25) is 5.89 Å². The molecule has 0 aliphatic carbocycles. The van der Waals surface area contributed by atoms with Gasteiger partial charge in [0.25, 0.3) is 5.95 Å². The Morgan fingerprint density at radius 3 is 2.19 bits per heavy atom. The van der Waals surface area contributed by atoms with Crippen LogP contribution in [0, 0.1) is 0 Å². The Morgan fingerprint density at radius 1 is 1.19 bits per heavy atom. The van der Waals surface area contributed by atoms with Gasteiger partial charge in [-0.25, -0.2) is 0 Å². The minimum atomic E-state index is -0.488. The van der Waals surface area contributed by atoms with E-state index in [2.05, 4.69) is 24.0 Å². The lowest BCUT2D eigenvalue weighted by Crippen LogP contribution is -2.35. The molecule has 5 nitrogen and oxygen atoms in total. The molecular weight excluding hydrogens is 204 g/mol. The third-order valence-corrected chi connectivity index (χ3v) is 3.15. The smallest absolute Gasteiger partial charge is 0.266 e. The number of rotatable bonds is 6. The maximum absolute atomic E-state index is 6.20. The van der Waals surface area contributed by atoms with Gasteiger partial charge >= 0.3 is 0 Å². The van der Waals surface area contributed by atoms with Gasteiger partial charge in [-0.15, -0.1) is 0 Å². The number of hydrogen-bond donors (Lipinski definition) is 1. The van der Waals surface area contributed by atoms with Crippen molar-refractivity contribution in [3.63, 3.8) is 0 Å². The van der Waals surface area contributed by atoms with Crippen LogP contribution in [0.15, 0.2) is 4.52 Å². The van der Waals surface area contributed by atoms with Crippen molar-refractivity contribution >= 4 is 5.95 Å². The van der Waals surface area contributed by atoms with E-state index in [0.29, 0.717) is 11.8 Å². The maximum Gasteiger partial charge on any atom is 0.266 e. The van der Waals surface area contributed by atoms with Gasteiger partial charge in [0.15, 0.2) is 0 Å². The Balaban J connectivity index is 2.93. The molecule has 2 N–H and O–H groups in total. The van der Waals surface area contributed by atoms with Crippen molar-refractivity contribution in [3.8, 4) is 0 Å². The topological polar surface area (TPSA) is 68.2 Å². The van der Waals surface area contributed by atoms with Crippen molar-refractivity contribution in [1.82, 2.24) is 10.1 Å². The van der Waals surface area contributed by atoms with E-state index in [-0.39, 0.29) is 0 Å². The average molecular weight is 226 g/mol. The molecule has 0 fully saturated rings. The zero-order valence-corrected chi connectivity index (χ0v) is 10.7. The predicted octanol–water partition coefficient (Wildman–Crippen LogP) is 1.89. The van der Waals surface area contributed by atoms with E-state index in [9.17, 15) is 0 Å². The second-order valence-electron chi connectivity index (χ2n) is 3.94. The van der Waals surface area contributed by atoms with Gasteiger partial charge in [-0.05, 0) is 31.8 Å². The fraction of sp³-hybridized carbons (Fsp3) is 0.818. The van der Waals surface area contributed by atoms with Crippen molar-refractivity contribution in [3.05, 3.63) is 5.89 Å². The highest BCUT2D eigenvalue weighted by Gasteiger charge is 2.30. The third kappa shape index (κ3) is 2.35. The summed E-state index contributed by atoms with van der Waals surface area (Å²) in [4.78, 5) is 6.43. The van der Waals surface area contributed by atoms with E-state index in [1.807, 2.05) is 18.7 Å². The molecule has 0 aliphatic heterocycles. The summed E-state index contributed by atoms with van der Waals surface area (Å²) in [5.41, 5.74) is 5.71. The number of nitrogens with two attached hydrogens (primary N) is 1. The van der Waals surface area contributed by atoms with Crippen molar-refractivity contribution in [1.29, 1.82) is 0 Å². The minimum absolute atomic E-state index is 0.488. The van der Waals surface area contributed by atoms with E-state index in [1.54, 1.807) is 0 Å². The molecule has 1 aromatic heterocycles. The Bertz CT molecular complexity index is 316. The van der Waals surface area contributed by atoms with Crippen LogP contribution in [0.5, 0.6) is 0 Å². The van der Waals surface area contributed by atoms with Gasteiger partial charge in [-0.1, -0.05) is 13.8 Å². The fourth-order valence-corrected chi connectivity index (χ4v) is 1.61. The molecule has 0 bridgehead atoms. The molecule has 0 radical (unpaired) electrons. The largest absolute Gasteiger partial charge is 0.339 e. The Hall–Kier alpha value is -1.10. The second-order valence-corrected chi connectivity index (χ2v) is 3.94. The minimum Gasteiger partial charge on any atom is -0.339 e. The molecule has 1 rings (SSSR count). The van der Waals surface area contributed by atoms with Gasteiger partial charge in [-0.2, -0.15) is 4.98 Å². The summed E-state index contributed by atoms with van der Waals surface area (Å²) in [6.45, 7) is 9.93. The first-order chi connectivity index (χ1) is 7.61. The number of anilines is 1. The quantitative estimate of drug-likeness (QED) is 0.802. The molecule has 0 unspecified atom stereocenters. The SMILES string of the molecule is CCN(CC)c1noc(C(N)(CC)CC)n1. The van der Waals surface area contributed by atoms with E-state index < -0.39 is 5.54 Å². The van der Waals surface area contributed by atoms with Gasteiger partial charge in [-0.3, -0.25) is 0 Å². The predicted molar refractivity (Wildman–Crippen MR) is 64.3 cm³/mol. The molecular formula is C11H22N4O. The molecule has 0 spiro atoms. The first kappa shape index (κ1) is 13.0. The number of aromatic nitrogens is 2. The molecule has 16 heavy (non-hydrogen) atoms. The van der Waals surface area contributed by atoms with Crippen LogP contribution >= 0.6 is 0 Å². The highest BCUT2D eigenvalue weighted by atomic mass is 16.5. The van der Waals surface area contributed by atoms with Crippen LogP contribution in [0.2, 0.25) is 0 Å². The monoisotopic (exact) mass is 226 g/mol. The van der Waals surface area contributed by atoms with Crippen molar-refractivity contribution < 1.29 is 4.52 Å². The normalized spacial score (nSPS) is 11.8. The van der Waals surface area contributed by atoms with Crippen LogP contribution in [-0.2, 0) is 5.54 Å². The van der Waals surface area contributed by atoms with Crippen LogP contribution in [0.25, 0.3) is 0 Å². The zero-order chi connectivity index (χ0) is 12.2. The first-order valence-corrected chi connectivity index (χ1v) is 5.99. The molecule has 0 aromatic carbocycles. The Labute approximate surface area is 97.0 Å². The van der Waals surface area contributed by atoms with Crippen LogP contribution < -0.4 is 10.6 Å². The average Bonchev–Trinajstić information content (AvgIpc) is 2.80. The summed E-state index contributed by atoms with van der Waals surface area (Å²) in [6.07, 6.45) is 1.59. The van der Waals surface area contributed by atoms with Gasteiger partial charge in [0.1, 0.15) is 0 Å². The standard InChI is InChI=1S/C11H22N4O/c1-5-11(12,6-2)9-13-10(14-16-9)15(7-3)8-4/h5-8,12H2,1-4H3. The summed E-state index contributed by atoms with van der Waals surface area (Å²) in [6, 6.07) is 0. The molecule has 0 aliphatic rings. The van der Waals surface area contributed by atoms with Crippen LogP contribution in [0.1, 0.15) is 46.4 Å². The first-order valence-electron chi connectivity index (χ1n) is 5.99. The molecule has 5 heteroatoms. The zero-order valence-electron chi connectivity index (χ0n) is 10.7. The number of nitrogens with zero attached hydrogens (tertiary/aromatic N) is 3. The molecule has 0 saturated heterocycles. The molecule has 0 saturated carbocycles. The molecule has 92 valence electrons. The molecule has 1 heterocycles. The van der Waals surface area contributed by atoms with Crippen LogP contribution in [-0.4, -0.2) is 23.2 Å². The summed E-state index contributed by atoms with van der Waals surface area (Å²) in [5, 5.41) is 3.98. The van der Waals surface area contributed by atoms with E-state index in [0.717, 1.165) is 25.9 Å². The van der Waals surface area contributed by atoms with E-state index in [4.69, 9.17) is 10.3 Å². The lowest BCUT2D eigenvalue weighted by Gasteiger charge is -2.21. The summed E-state index contributed by atoms with van der Waals surface area (Å²) in [7, 11) is 0. The van der Waals surface area contributed by atoms with Crippen LogP contribution in [0.3, 0.4) is 0 Å². The van der Waals surface area contributed by atoms with Gasteiger partial charge in [0.05, 0.1) is 5.54 Å². The molecule has 1 aromatic rings. The van der Waals surface area contributed by atoms with Crippen molar-refractivity contribution in [2.45, 2.75) is 46.1 Å². The highest BCUT2D eigenvalue weighted by Crippen LogP contribution is 2.25. The fourth-order valence-electron chi connectivity index (χ4n) is 1.61. The molecule has 0 amide bonds. The number of hydrogen-bond acceptors (Lipinski definition) is 5. The van der Waals surface area contributed by atoms with E-state index in [1.165, 1.54) is 0 Å². The maximum atomic E-state index is 6.20. The summed E-state index contributed by atoms with van der Waals surface area (Å²) >= 11 is 0. The van der Waals surface area contributed by atoms with Gasteiger partial charge < -0.3 is 15.2 Å². The van der Waals surface area contributed by atoms with Crippen molar-refractivity contribution in [2.75, 3.05) is 18.0 Å². The highest BCUT2D eigenvalue weighted by molar-refractivity contribution is 5.27.